The molecule has 80 heavy (non-hydrogen) atoms. The average Bonchev–Trinajstić information content (AvgIpc) is 3.46. The first-order valence-electron chi connectivity index (χ1n) is 33.2. The fraction of sp³-hybridized carbons (Fsp3) is 0.662. The number of carbonyl (C=O) groups excluding carboxylic acids is 3. The molecule has 0 fully saturated rings. The van der Waals surface area contributed by atoms with E-state index in [1.165, 1.54) is 116 Å². The SMILES string of the molecule is CC/C=C\C/C=C\C/C=C\C/C=C\C/C=C\C/C=C\C/C=C\C/C=C\CCCCCCCCCCC(=O)OCC(COC(=O)CCCCC/C=C\C/C=C\C/C=C\CC)OC(=O)CCCCCCCCCCCCCCCCCC. The first-order valence-corrected chi connectivity index (χ1v) is 33.2. The summed E-state index contributed by atoms with van der Waals surface area (Å²) in [5.41, 5.74) is 0. The molecule has 0 aliphatic heterocycles. The second kappa shape index (κ2) is 67.1. The molecule has 0 saturated carbocycles. The van der Waals surface area contributed by atoms with E-state index >= 15 is 0 Å². The van der Waals surface area contributed by atoms with Gasteiger partial charge in [0.25, 0.3) is 0 Å². The van der Waals surface area contributed by atoms with E-state index in [0.29, 0.717) is 19.3 Å². The van der Waals surface area contributed by atoms with Gasteiger partial charge in [-0.05, 0) is 116 Å². The van der Waals surface area contributed by atoms with E-state index in [2.05, 4.69) is 154 Å². The number of rotatable bonds is 59. The summed E-state index contributed by atoms with van der Waals surface area (Å²) in [6, 6.07) is 0. The molecule has 0 aromatic heterocycles. The lowest BCUT2D eigenvalue weighted by Crippen LogP contribution is -2.30. The summed E-state index contributed by atoms with van der Waals surface area (Å²) >= 11 is 0. The lowest BCUT2D eigenvalue weighted by molar-refractivity contribution is -0.167. The normalized spacial score (nSPS) is 13.0. The largest absolute Gasteiger partial charge is 0.462 e. The maximum absolute atomic E-state index is 12.9. The van der Waals surface area contributed by atoms with Crippen LogP contribution in [0.3, 0.4) is 0 Å². The molecule has 0 bridgehead atoms. The second-order valence-corrected chi connectivity index (χ2v) is 21.6. The van der Waals surface area contributed by atoms with Gasteiger partial charge in [-0.1, -0.05) is 296 Å². The molecule has 454 valence electrons. The number of ether oxygens (including phenoxy) is 3. The quantitative estimate of drug-likeness (QED) is 0.0261. The molecule has 0 heterocycles. The van der Waals surface area contributed by atoms with Crippen molar-refractivity contribution in [3.8, 4) is 0 Å². The summed E-state index contributed by atoms with van der Waals surface area (Å²) in [6.07, 6.45) is 94.7. The predicted molar refractivity (Wildman–Crippen MR) is 348 cm³/mol. The highest BCUT2D eigenvalue weighted by atomic mass is 16.6. The minimum atomic E-state index is -0.796. The Morgan fingerprint density at radius 2 is 0.487 bits per heavy atom. The molecule has 0 amide bonds. The van der Waals surface area contributed by atoms with Crippen LogP contribution in [-0.2, 0) is 28.6 Å². The molecular weight excluding hydrogens is 985 g/mol. The summed E-state index contributed by atoms with van der Waals surface area (Å²) in [5.74, 6) is -0.924. The highest BCUT2D eigenvalue weighted by Crippen LogP contribution is 2.16. The number of esters is 3. The fourth-order valence-corrected chi connectivity index (χ4v) is 9.00. The van der Waals surface area contributed by atoms with E-state index in [1.54, 1.807) is 0 Å². The highest BCUT2D eigenvalue weighted by Gasteiger charge is 2.19. The van der Waals surface area contributed by atoms with Crippen LogP contribution in [0.25, 0.3) is 0 Å². The van der Waals surface area contributed by atoms with E-state index in [0.717, 1.165) is 141 Å². The molecule has 6 nitrogen and oxygen atoms in total. The number of hydrogen-bond donors (Lipinski definition) is 0. The Balaban J connectivity index is 4.29. The van der Waals surface area contributed by atoms with Gasteiger partial charge in [-0.15, -0.1) is 0 Å². The number of hydrogen-bond acceptors (Lipinski definition) is 6. The van der Waals surface area contributed by atoms with Crippen molar-refractivity contribution in [1.82, 2.24) is 0 Å². The van der Waals surface area contributed by atoms with Gasteiger partial charge >= 0.3 is 17.9 Å². The lowest BCUT2D eigenvalue weighted by Gasteiger charge is -2.18. The summed E-state index contributed by atoms with van der Waals surface area (Å²) in [5, 5.41) is 0. The van der Waals surface area contributed by atoms with Crippen molar-refractivity contribution < 1.29 is 28.6 Å². The Kier molecular flexibility index (Phi) is 63.3. The molecule has 1 unspecified atom stereocenters. The Morgan fingerprint density at radius 1 is 0.263 bits per heavy atom. The highest BCUT2D eigenvalue weighted by molar-refractivity contribution is 5.71. The summed E-state index contributed by atoms with van der Waals surface area (Å²) in [4.78, 5) is 38.3. The van der Waals surface area contributed by atoms with Gasteiger partial charge in [-0.2, -0.15) is 0 Å². The maximum Gasteiger partial charge on any atom is 0.306 e. The first kappa shape index (κ1) is 75.5. The first-order chi connectivity index (χ1) is 39.5. The zero-order chi connectivity index (χ0) is 57.8. The molecule has 0 aliphatic rings. The Labute approximate surface area is 494 Å². The third-order valence-electron chi connectivity index (χ3n) is 13.9. The van der Waals surface area contributed by atoms with Gasteiger partial charge in [0.05, 0.1) is 0 Å². The van der Waals surface area contributed by atoms with Crippen molar-refractivity contribution in [2.45, 2.75) is 303 Å². The Bertz CT molecular complexity index is 1700. The van der Waals surface area contributed by atoms with Gasteiger partial charge in [0.15, 0.2) is 6.10 Å². The molecule has 0 aliphatic carbocycles. The average molecular weight is 1110 g/mol. The monoisotopic (exact) mass is 1110 g/mol. The van der Waals surface area contributed by atoms with Crippen LogP contribution in [0.4, 0.5) is 0 Å². The van der Waals surface area contributed by atoms with Crippen LogP contribution in [-0.4, -0.2) is 37.2 Å². The number of carbonyl (C=O) groups is 3. The summed E-state index contributed by atoms with van der Waals surface area (Å²) < 4.78 is 16.9. The van der Waals surface area contributed by atoms with Gasteiger partial charge in [-0.3, -0.25) is 14.4 Å². The van der Waals surface area contributed by atoms with Crippen molar-refractivity contribution in [2.75, 3.05) is 13.2 Å². The third-order valence-corrected chi connectivity index (χ3v) is 13.9. The molecule has 0 aromatic carbocycles. The predicted octanol–water partition coefficient (Wildman–Crippen LogP) is 22.9. The van der Waals surface area contributed by atoms with Crippen LogP contribution in [0.2, 0.25) is 0 Å². The molecule has 1 atom stereocenters. The summed E-state index contributed by atoms with van der Waals surface area (Å²) in [6.45, 7) is 6.40. The minimum Gasteiger partial charge on any atom is -0.462 e. The van der Waals surface area contributed by atoms with Crippen LogP contribution >= 0.6 is 0 Å². The van der Waals surface area contributed by atoms with E-state index in [4.69, 9.17) is 14.2 Å². The molecule has 0 radical (unpaired) electrons. The van der Waals surface area contributed by atoms with Crippen molar-refractivity contribution in [3.05, 3.63) is 134 Å². The zero-order valence-electron chi connectivity index (χ0n) is 52.0. The molecule has 0 saturated heterocycles. The van der Waals surface area contributed by atoms with E-state index in [9.17, 15) is 14.4 Å². The van der Waals surface area contributed by atoms with Crippen molar-refractivity contribution >= 4 is 17.9 Å². The van der Waals surface area contributed by atoms with Crippen LogP contribution < -0.4 is 0 Å². The third kappa shape index (κ3) is 64.4. The Morgan fingerprint density at radius 3 is 0.775 bits per heavy atom. The molecule has 0 rings (SSSR count). The van der Waals surface area contributed by atoms with Crippen LogP contribution in [0.5, 0.6) is 0 Å². The fourth-order valence-electron chi connectivity index (χ4n) is 9.00. The molecule has 0 spiro atoms. The van der Waals surface area contributed by atoms with Gasteiger partial charge in [0, 0.05) is 19.3 Å². The smallest absolute Gasteiger partial charge is 0.306 e. The maximum atomic E-state index is 12.9. The van der Waals surface area contributed by atoms with Crippen molar-refractivity contribution in [1.29, 1.82) is 0 Å². The van der Waals surface area contributed by atoms with Gasteiger partial charge in [-0.25, -0.2) is 0 Å². The summed E-state index contributed by atoms with van der Waals surface area (Å²) in [7, 11) is 0. The van der Waals surface area contributed by atoms with Crippen LogP contribution in [0.15, 0.2) is 134 Å². The van der Waals surface area contributed by atoms with E-state index in [-0.39, 0.29) is 31.1 Å². The minimum absolute atomic E-state index is 0.0925. The van der Waals surface area contributed by atoms with Gasteiger partial charge < -0.3 is 14.2 Å². The molecule has 0 N–H and O–H groups in total. The van der Waals surface area contributed by atoms with Crippen LogP contribution in [0, 0.1) is 0 Å². The molecule has 6 heteroatoms. The van der Waals surface area contributed by atoms with E-state index in [1.807, 2.05) is 0 Å². The standard InChI is InChI=1S/C74H122O6/c1-4-7-10-13-16-19-22-25-27-29-30-31-32-33-34-35-36-37-38-39-40-41-42-43-44-45-47-49-52-55-58-61-64-67-73(76)79-70-71(69-78-72(75)66-63-60-57-54-51-48-24-21-18-15-12-9-6-3)80-74(77)68-65-62-59-56-53-50-46-28-26-23-20-17-14-11-8-5-2/h7,9-10,12,16,18-19,21,25,27,30-31,33-34,36-37,39-40,42-43,48,51,71H,4-6,8,11,13-15,17,20,22-24,26,28-29,32,35,38,41,44-47,49-50,52-70H2,1-3H3/b10-7-,12-9-,19-16-,21-18-,27-25-,31-30-,34-33-,37-36-,40-39-,43-42-,51-48-. The van der Waals surface area contributed by atoms with E-state index < -0.39 is 6.10 Å². The number of unbranched alkanes of at least 4 members (excludes halogenated alkanes) is 26. The Hall–Kier alpha value is -4.45. The van der Waals surface area contributed by atoms with Crippen molar-refractivity contribution in [2.24, 2.45) is 0 Å². The van der Waals surface area contributed by atoms with Gasteiger partial charge in [0.1, 0.15) is 13.2 Å². The second-order valence-electron chi connectivity index (χ2n) is 21.6. The lowest BCUT2D eigenvalue weighted by atomic mass is 10.0. The molecular formula is C74H122O6. The number of allylic oxidation sites excluding steroid dienone is 22. The topological polar surface area (TPSA) is 78.9 Å². The van der Waals surface area contributed by atoms with Crippen molar-refractivity contribution in [3.63, 3.8) is 0 Å². The van der Waals surface area contributed by atoms with Crippen LogP contribution in [0.1, 0.15) is 297 Å². The zero-order valence-corrected chi connectivity index (χ0v) is 52.0. The van der Waals surface area contributed by atoms with Gasteiger partial charge in [0.2, 0.25) is 0 Å². The molecule has 0 aromatic rings.